The number of benzene rings is 1. The molecule has 0 saturated carbocycles. The molecule has 4 nitrogen and oxygen atoms in total. The first kappa shape index (κ1) is 14.4. The van der Waals surface area contributed by atoms with Gasteiger partial charge in [-0.25, -0.2) is 0 Å². The summed E-state index contributed by atoms with van der Waals surface area (Å²) in [6, 6.07) is 4.75. The van der Waals surface area contributed by atoms with Crippen LogP contribution in [0.1, 0.15) is 6.42 Å². The van der Waals surface area contributed by atoms with E-state index in [4.69, 9.17) is 4.74 Å². The Labute approximate surface area is 122 Å². The molecule has 0 atom stereocenters. The Morgan fingerprint density at radius 3 is 2.89 bits per heavy atom. The number of alkyl halides is 2. The molecule has 7 heteroatoms. The number of anilines is 1. The fourth-order valence-electron chi connectivity index (χ4n) is 1.83. The van der Waals surface area contributed by atoms with Crippen molar-refractivity contribution in [2.75, 3.05) is 25.2 Å². The second-order valence-corrected chi connectivity index (χ2v) is 5.28. The van der Waals surface area contributed by atoms with E-state index in [-0.39, 0.29) is 12.3 Å². The molecule has 0 radical (unpaired) electrons. The Bertz CT molecular complexity index is 496. The van der Waals surface area contributed by atoms with E-state index in [1.807, 2.05) is 0 Å². The lowest BCUT2D eigenvalue weighted by atomic mass is 10.2. The van der Waals surface area contributed by atoms with Gasteiger partial charge in [-0.1, -0.05) is 0 Å². The Morgan fingerprint density at radius 1 is 1.47 bits per heavy atom. The highest BCUT2D eigenvalue weighted by Crippen LogP contribution is 2.40. The number of amides is 1. The van der Waals surface area contributed by atoms with Crippen LogP contribution in [0.25, 0.3) is 0 Å². The van der Waals surface area contributed by atoms with Crippen LogP contribution < -0.4 is 9.64 Å². The monoisotopic (exact) mass is 383 g/mol. The van der Waals surface area contributed by atoms with Crippen LogP contribution in [0.2, 0.25) is 0 Å². The standard InChI is InChI=1S/C12H12F2INO3/c1-18-6-2-5-16-9-7-8(15)3-4-10(9)19-12(13,14)11(16)17/h3-4,7H,2,5-6H2,1H3. The van der Waals surface area contributed by atoms with Gasteiger partial charge in [0, 0.05) is 23.8 Å². The molecule has 0 bridgehead atoms. The Hall–Kier alpha value is -0.960. The molecule has 19 heavy (non-hydrogen) atoms. The molecule has 1 aromatic rings. The van der Waals surface area contributed by atoms with Crippen molar-refractivity contribution in [1.82, 2.24) is 0 Å². The van der Waals surface area contributed by atoms with Crippen LogP contribution in [0.5, 0.6) is 5.75 Å². The summed E-state index contributed by atoms with van der Waals surface area (Å²) in [5.74, 6) is -1.32. The lowest BCUT2D eigenvalue weighted by molar-refractivity contribution is -0.192. The van der Waals surface area contributed by atoms with Crippen LogP contribution in [0, 0.1) is 3.57 Å². The highest BCUT2D eigenvalue weighted by atomic mass is 127. The maximum atomic E-state index is 13.5. The third-order valence-corrected chi connectivity index (χ3v) is 3.35. The molecular weight excluding hydrogens is 371 g/mol. The van der Waals surface area contributed by atoms with Gasteiger partial charge in [0.15, 0.2) is 5.75 Å². The number of nitrogens with zero attached hydrogens (tertiary/aromatic N) is 1. The summed E-state index contributed by atoms with van der Waals surface area (Å²) in [6.45, 7) is 0.564. The largest absolute Gasteiger partial charge is 0.482 e. The van der Waals surface area contributed by atoms with Gasteiger partial charge in [-0.05, 0) is 47.2 Å². The predicted molar refractivity (Wildman–Crippen MR) is 73.6 cm³/mol. The zero-order chi connectivity index (χ0) is 14.0. The SMILES string of the molecule is COCCCN1C(=O)C(F)(F)Oc2ccc(I)cc21. The van der Waals surface area contributed by atoms with Gasteiger partial charge in [0.1, 0.15) is 0 Å². The van der Waals surface area contributed by atoms with Gasteiger partial charge in [0.2, 0.25) is 0 Å². The average molecular weight is 383 g/mol. The van der Waals surface area contributed by atoms with Crippen molar-refractivity contribution in [1.29, 1.82) is 0 Å². The minimum Gasteiger partial charge on any atom is -0.423 e. The maximum absolute atomic E-state index is 13.5. The van der Waals surface area contributed by atoms with Gasteiger partial charge >= 0.3 is 12.0 Å². The highest BCUT2D eigenvalue weighted by molar-refractivity contribution is 14.1. The zero-order valence-electron chi connectivity index (χ0n) is 10.2. The van der Waals surface area contributed by atoms with Gasteiger partial charge < -0.3 is 14.4 Å². The lowest BCUT2D eigenvalue weighted by Crippen LogP contribution is -2.51. The molecule has 0 aliphatic carbocycles. The quantitative estimate of drug-likeness (QED) is 0.593. The topological polar surface area (TPSA) is 38.8 Å². The number of rotatable bonds is 4. The van der Waals surface area contributed by atoms with Gasteiger partial charge in [-0.15, -0.1) is 0 Å². The van der Waals surface area contributed by atoms with E-state index >= 15 is 0 Å². The lowest BCUT2D eigenvalue weighted by Gasteiger charge is -2.33. The fourth-order valence-corrected chi connectivity index (χ4v) is 2.30. The first-order chi connectivity index (χ1) is 8.95. The van der Waals surface area contributed by atoms with Gasteiger partial charge in [-0.2, -0.15) is 8.78 Å². The predicted octanol–water partition coefficient (Wildman–Crippen LogP) is 2.65. The molecule has 1 aliphatic rings. The second kappa shape index (κ2) is 5.58. The highest BCUT2D eigenvalue weighted by Gasteiger charge is 2.50. The number of hydrogen-bond donors (Lipinski definition) is 0. The van der Waals surface area contributed by atoms with Crippen molar-refractivity contribution in [3.63, 3.8) is 0 Å². The second-order valence-electron chi connectivity index (χ2n) is 4.03. The number of methoxy groups -OCH3 is 1. The van der Waals surface area contributed by atoms with Crippen molar-refractivity contribution in [3.05, 3.63) is 21.8 Å². The summed E-state index contributed by atoms with van der Waals surface area (Å²) in [7, 11) is 1.52. The van der Waals surface area contributed by atoms with E-state index in [2.05, 4.69) is 27.3 Å². The van der Waals surface area contributed by atoms with Crippen molar-refractivity contribution in [3.8, 4) is 5.75 Å². The Morgan fingerprint density at radius 2 is 2.21 bits per heavy atom. The van der Waals surface area contributed by atoms with Gasteiger partial charge in [0.25, 0.3) is 0 Å². The number of ether oxygens (including phenoxy) is 2. The molecule has 104 valence electrons. The first-order valence-corrected chi connectivity index (χ1v) is 6.71. The summed E-state index contributed by atoms with van der Waals surface area (Å²) in [4.78, 5) is 12.8. The summed E-state index contributed by atoms with van der Waals surface area (Å²) in [6.07, 6.45) is -3.34. The number of carbonyl (C=O) groups is 1. The molecule has 0 N–H and O–H groups in total. The number of fused-ring (bicyclic) bond motifs is 1. The smallest absolute Gasteiger partial charge is 0.423 e. The van der Waals surface area contributed by atoms with Crippen LogP contribution in [-0.4, -0.2) is 32.3 Å². The summed E-state index contributed by atoms with van der Waals surface area (Å²) in [5, 5.41) is 0. The molecular formula is C12H12F2INO3. The van der Waals surface area contributed by atoms with Crippen molar-refractivity contribution in [2.45, 2.75) is 12.5 Å². The molecule has 0 unspecified atom stereocenters. The first-order valence-electron chi connectivity index (χ1n) is 5.63. The molecule has 1 heterocycles. The molecule has 0 saturated heterocycles. The Balaban J connectivity index is 2.33. The molecule has 1 aromatic carbocycles. The molecule has 1 amide bonds. The van der Waals surface area contributed by atoms with Crippen LogP contribution in [0.3, 0.4) is 0 Å². The minimum atomic E-state index is -3.81. The number of halogens is 3. The third kappa shape index (κ3) is 2.97. The van der Waals surface area contributed by atoms with E-state index < -0.39 is 12.0 Å². The summed E-state index contributed by atoms with van der Waals surface area (Å²) < 4.78 is 37.2. The average Bonchev–Trinajstić information content (AvgIpc) is 2.35. The third-order valence-electron chi connectivity index (χ3n) is 2.67. The van der Waals surface area contributed by atoms with Gasteiger partial charge in [-0.3, -0.25) is 4.79 Å². The summed E-state index contributed by atoms with van der Waals surface area (Å²) in [5.41, 5.74) is 0.374. The van der Waals surface area contributed by atoms with E-state index in [9.17, 15) is 13.6 Å². The van der Waals surface area contributed by atoms with Crippen LogP contribution in [0.15, 0.2) is 18.2 Å². The normalized spacial score (nSPS) is 17.1. The van der Waals surface area contributed by atoms with Crippen molar-refractivity contribution < 1.29 is 23.0 Å². The fraction of sp³-hybridized carbons (Fsp3) is 0.417. The van der Waals surface area contributed by atoms with E-state index in [1.54, 1.807) is 12.1 Å². The zero-order valence-corrected chi connectivity index (χ0v) is 12.3. The van der Waals surface area contributed by atoms with Crippen LogP contribution >= 0.6 is 22.6 Å². The van der Waals surface area contributed by atoms with Crippen LogP contribution in [0.4, 0.5) is 14.5 Å². The molecule has 0 fully saturated rings. The minimum absolute atomic E-state index is 0.0161. The Kier molecular flexibility index (Phi) is 4.24. The molecule has 2 rings (SSSR count). The number of carbonyl (C=O) groups excluding carboxylic acids is 1. The van der Waals surface area contributed by atoms with Gasteiger partial charge in [0.05, 0.1) is 5.69 Å². The molecule has 1 aliphatic heterocycles. The molecule has 0 spiro atoms. The number of hydrogen-bond acceptors (Lipinski definition) is 3. The maximum Gasteiger partial charge on any atom is 0.482 e. The van der Waals surface area contributed by atoms with E-state index in [1.165, 1.54) is 13.2 Å². The van der Waals surface area contributed by atoms with E-state index in [0.717, 1.165) is 8.47 Å². The molecule has 0 aromatic heterocycles. The van der Waals surface area contributed by atoms with Crippen molar-refractivity contribution in [2.24, 2.45) is 0 Å². The summed E-state index contributed by atoms with van der Waals surface area (Å²) >= 11 is 2.05. The van der Waals surface area contributed by atoms with Crippen molar-refractivity contribution >= 4 is 34.2 Å². The van der Waals surface area contributed by atoms with E-state index in [0.29, 0.717) is 18.7 Å². The van der Waals surface area contributed by atoms with Crippen LogP contribution in [-0.2, 0) is 9.53 Å².